The first-order chi connectivity index (χ1) is 17.7. The number of H-pyrrole nitrogens is 1. The van der Waals surface area contributed by atoms with Gasteiger partial charge in [0, 0.05) is 23.7 Å². The third-order valence-corrected chi connectivity index (χ3v) is 7.04. The molecule has 1 aromatic carbocycles. The summed E-state index contributed by atoms with van der Waals surface area (Å²) in [4.78, 5) is 24.3. The van der Waals surface area contributed by atoms with Crippen LogP contribution >= 0.6 is 11.6 Å². The van der Waals surface area contributed by atoms with Crippen molar-refractivity contribution in [2.45, 2.75) is 25.8 Å². The number of aromatic amines is 1. The largest absolute Gasteiger partial charge is 0.320 e. The van der Waals surface area contributed by atoms with Crippen molar-refractivity contribution in [2.75, 3.05) is 29.4 Å². The number of fused-ring (bicyclic) bond motifs is 1. The number of nitrogens with zero attached hydrogens (tertiary/aromatic N) is 4. The monoisotopic (exact) mass is 539 g/mol. The summed E-state index contributed by atoms with van der Waals surface area (Å²) in [5.74, 6) is -0.339. The summed E-state index contributed by atoms with van der Waals surface area (Å²) in [5, 5.41) is 10.7. The Balaban J connectivity index is 1.43. The summed E-state index contributed by atoms with van der Waals surface area (Å²) in [6.45, 7) is 2.81. The van der Waals surface area contributed by atoms with Crippen molar-refractivity contribution < 1.29 is 13.2 Å². The van der Waals surface area contributed by atoms with E-state index < -0.39 is 10.0 Å². The second kappa shape index (κ2) is 10.4. The van der Waals surface area contributed by atoms with E-state index in [1.165, 1.54) is 25.5 Å². The minimum atomic E-state index is -3.55. The lowest BCUT2D eigenvalue weighted by molar-refractivity contribution is 0.102. The predicted octanol–water partition coefficient (Wildman–Crippen LogP) is 4.28. The molecule has 1 saturated heterocycles. The van der Waals surface area contributed by atoms with Gasteiger partial charge in [0.25, 0.3) is 5.91 Å². The van der Waals surface area contributed by atoms with E-state index in [1.807, 2.05) is 18.2 Å². The highest BCUT2D eigenvalue weighted by atomic mass is 35.5. The van der Waals surface area contributed by atoms with Crippen molar-refractivity contribution >= 4 is 49.8 Å². The van der Waals surface area contributed by atoms with Crippen molar-refractivity contribution in [3.05, 3.63) is 65.3 Å². The van der Waals surface area contributed by atoms with E-state index in [0.717, 1.165) is 37.0 Å². The standard InChI is InChI=1S/C25H26ClN7O3S/c1-37(35,36)32-23-12-17(13-27-24(23)26)16-10-21(19-14-28-31-22(19)11-16)30-25(34)20-7-5-6-18(29-20)15-33-8-3-2-4-9-33/h5-7,10-14,32H,2-4,8-9,15H2,1H3,(H,28,31)(H,30,34). The number of aromatic nitrogens is 4. The molecule has 0 bridgehead atoms. The molecule has 12 heteroatoms. The Hall–Kier alpha value is -3.54. The summed E-state index contributed by atoms with van der Waals surface area (Å²) in [7, 11) is -3.55. The number of piperidine rings is 1. The number of rotatable bonds is 7. The molecule has 0 radical (unpaired) electrons. The lowest BCUT2D eigenvalue weighted by atomic mass is 10.0. The Kier molecular flexibility index (Phi) is 7.09. The van der Waals surface area contributed by atoms with Crippen LogP contribution in [0.5, 0.6) is 0 Å². The van der Waals surface area contributed by atoms with Gasteiger partial charge in [0.1, 0.15) is 5.69 Å². The molecule has 0 saturated carbocycles. The number of nitrogens with one attached hydrogen (secondary N) is 3. The minimum absolute atomic E-state index is 0.0285. The van der Waals surface area contributed by atoms with Crippen LogP contribution in [0.1, 0.15) is 35.4 Å². The topological polar surface area (TPSA) is 133 Å². The molecule has 37 heavy (non-hydrogen) atoms. The number of likely N-dealkylation sites (tertiary alicyclic amines) is 1. The van der Waals surface area contributed by atoms with Gasteiger partial charge in [-0.25, -0.2) is 18.4 Å². The van der Waals surface area contributed by atoms with Crippen LogP contribution in [-0.2, 0) is 16.6 Å². The zero-order valence-corrected chi connectivity index (χ0v) is 21.7. The SMILES string of the molecule is CS(=O)(=O)Nc1cc(-c2cc(NC(=O)c3cccc(CN4CCCCC4)n3)c3cn[nH]c3c2)cnc1Cl. The van der Waals surface area contributed by atoms with Crippen molar-refractivity contribution in [1.82, 2.24) is 25.1 Å². The molecule has 4 aromatic rings. The number of halogens is 1. The molecule has 10 nitrogen and oxygen atoms in total. The average molecular weight is 540 g/mol. The van der Waals surface area contributed by atoms with E-state index in [-0.39, 0.29) is 16.7 Å². The molecule has 1 amide bonds. The van der Waals surface area contributed by atoms with Crippen LogP contribution in [0.25, 0.3) is 22.0 Å². The highest BCUT2D eigenvalue weighted by Gasteiger charge is 2.16. The maximum atomic E-state index is 13.2. The fourth-order valence-electron chi connectivity index (χ4n) is 4.43. The molecule has 1 fully saturated rings. The molecule has 3 aromatic heterocycles. The summed E-state index contributed by atoms with van der Waals surface area (Å²) in [5.41, 5.74) is 3.84. The zero-order valence-electron chi connectivity index (χ0n) is 20.2. The molecule has 1 aliphatic rings. The van der Waals surface area contributed by atoms with Gasteiger partial charge in [-0.1, -0.05) is 24.1 Å². The highest BCUT2D eigenvalue weighted by molar-refractivity contribution is 7.92. The van der Waals surface area contributed by atoms with Gasteiger partial charge in [-0.2, -0.15) is 5.10 Å². The lowest BCUT2D eigenvalue weighted by Gasteiger charge is -2.26. The van der Waals surface area contributed by atoms with E-state index >= 15 is 0 Å². The number of benzene rings is 1. The van der Waals surface area contributed by atoms with Crippen LogP contribution in [0.15, 0.2) is 48.8 Å². The number of carbonyl (C=O) groups excluding carboxylic acids is 1. The van der Waals surface area contributed by atoms with Crippen molar-refractivity contribution in [2.24, 2.45) is 0 Å². The predicted molar refractivity (Wildman–Crippen MR) is 144 cm³/mol. The van der Waals surface area contributed by atoms with Crippen LogP contribution in [0.4, 0.5) is 11.4 Å². The van der Waals surface area contributed by atoms with Crippen LogP contribution in [-0.4, -0.2) is 58.7 Å². The van der Waals surface area contributed by atoms with Crippen LogP contribution in [0.3, 0.4) is 0 Å². The average Bonchev–Trinajstić information content (AvgIpc) is 3.34. The number of amides is 1. The molecule has 192 valence electrons. The van der Waals surface area contributed by atoms with Crippen LogP contribution in [0, 0.1) is 0 Å². The second-order valence-electron chi connectivity index (χ2n) is 9.10. The van der Waals surface area contributed by atoms with E-state index in [9.17, 15) is 13.2 Å². The summed E-state index contributed by atoms with van der Waals surface area (Å²) >= 11 is 6.09. The van der Waals surface area contributed by atoms with Crippen molar-refractivity contribution in [3.8, 4) is 11.1 Å². The van der Waals surface area contributed by atoms with Gasteiger partial charge in [-0.05, 0) is 61.8 Å². The van der Waals surface area contributed by atoms with Gasteiger partial charge in [0.2, 0.25) is 10.0 Å². The Morgan fingerprint density at radius 2 is 1.86 bits per heavy atom. The smallest absolute Gasteiger partial charge is 0.274 e. The number of anilines is 2. The third-order valence-electron chi connectivity index (χ3n) is 6.15. The third kappa shape index (κ3) is 6.07. The van der Waals surface area contributed by atoms with Crippen LogP contribution in [0.2, 0.25) is 5.15 Å². The molecule has 0 spiro atoms. The number of sulfonamides is 1. The van der Waals surface area contributed by atoms with Gasteiger partial charge in [-0.15, -0.1) is 0 Å². The molecule has 3 N–H and O–H groups in total. The molecule has 1 aliphatic heterocycles. The Bertz CT molecular complexity index is 1570. The summed E-state index contributed by atoms with van der Waals surface area (Å²) in [6.07, 6.45) is 7.83. The second-order valence-corrected chi connectivity index (χ2v) is 11.2. The molecule has 0 unspecified atom stereocenters. The fraction of sp³-hybridized carbons (Fsp3) is 0.280. The molecule has 5 rings (SSSR count). The maximum Gasteiger partial charge on any atom is 0.274 e. The first kappa shape index (κ1) is 25.1. The van der Waals surface area contributed by atoms with Gasteiger partial charge in [0.05, 0.1) is 35.0 Å². The molecule has 4 heterocycles. The molecular formula is C25H26ClN7O3S. The van der Waals surface area contributed by atoms with Crippen LogP contribution < -0.4 is 10.0 Å². The summed E-state index contributed by atoms with van der Waals surface area (Å²) in [6, 6.07) is 10.7. The van der Waals surface area contributed by atoms with Gasteiger partial charge >= 0.3 is 0 Å². The van der Waals surface area contributed by atoms with E-state index in [4.69, 9.17) is 11.6 Å². The Morgan fingerprint density at radius 3 is 2.65 bits per heavy atom. The van der Waals surface area contributed by atoms with Gasteiger partial charge in [-0.3, -0.25) is 19.5 Å². The van der Waals surface area contributed by atoms with Crippen molar-refractivity contribution in [3.63, 3.8) is 0 Å². The highest BCUT2D eigenvalue weighted by Crippen LogP contribution is 2.33. The first-order valence-corrected chi connectivity index (χ1v) is 14.1. The first-order valence-electron chi connectivity index (χ1n) is 11.9. The van der Waals surface area contributed by atoms with E-state index in [2.05, 4.69) is 35.1 Å². The molecule has 0 aliphatic carbocycles. The lowest BCUT2D eigenvalue weighted by Crippen LogP contribution is -2.29. The molecule has 0 atom stereocenters. The van der Waals surface area contributed by atoms with Crippen molar-refractivity contribution in [1.29, 1.82) is 0 Å². The Morgan fingerprint density at radius 1 is 1.08 bits per heavy atom. The fourth-order valence-corrected chi connectivity index (χ4v) is 5.19. The van der Waals surface area contributed by atoms with E-state index in [0.29, 0.717) is 28.0 Å². The maximum absolute atomic E-state index is 13.2. The van der Waals surface area contributed by atoms with Gasteiger partial charge < -0.3 is 5.32 Å². The Labute approximate surface area is 219 Å². The zero-order chi connectivity index (χ0) is 26.0. The van der Waals surface area contributed by atoms with E-state index in [1.54, 1.807) is 24.4 Å². The minimum Gasteiger partial charge on any atom is -0.320 e. The number of carbonyl (C=O) groups is 1. The van der Waals surface area contributed by atoms with Gasteiger partial charge in [0.15, 0.2) is 5.15 Å². The normalized spacial score (nSPS) is 14.5. The number of hydrogen-bond acceptors (Lipinski definition) is 7. The molecular weight excluding hydrogens is 514 g/mol. The number of hydrogen-bond donors (Lipinski definition) is 3. The quantitative estimate of drug-likeness (QED) is 0.298. The summed E-state index contributed by atoms with van der Waals surface area (Å²) < 4.78 is 25.8. The number of pyridine rings is 2.